The first kappa shape index (κ1) is 17.3. The van der Waals surface area contributed by atoms with Gasteiger partial charge >= 0.3 is 6.09 Å². The molecule has 1 fully saturated rings. The summed E-state index contributed by atoms with van der Waals surface area (Å²) in [5, 5.41) is 12.8. The van der Waals surface area contributed by atoms with Crippen molar-refractivity contribution in [1.29, 1.82) is 0 Å². The van der Waals surface area contributed by atoms with Crippen molar-refractivity contribution in [1.82, 2.24) is 5.32 Å². The van der Waals surface area contributed by atoms with Crippen LogP contribution in [0.3, 0.4) is 0 Å². The van der Waals surface area contributed by atoms with E-state index >= 15 is 0 Å². The van der Waals surface area contributed by atoms with E-state index in [1.54, 1.807) is 0 Å². The molecule has 1 atom stereocenters. The number of amides is 1. The smallest absolute Gasteiger partial charge is 0.411 e. The SMILES string of the molecule is O=C(O)N(CC1CCNC1)c1ccc(F)cc1-c1cc(F)cc(F)c1. The fourth-order valence-corrected chi connectivity index (χ4v) is 3.09. The molecular weight excluding hydrogens is 333 g/mol. The highest BCUT2D eigenvalue weighted by Crippen LogP contribution is 2.33. The van der Waals surface area contributed by atoms with Crippen molar-refractivity contribution in [3.8, 4) is 11.1 Å². The Hall–Kier alpha value is -2.54. The molecule has 1 unspecified atom stereocenters. The van der Waals surface area contributed by atoms with Crippen LogP contribution in [-0.4, -0.2) is 30.8 Å². The van der Waals surface area contributed by atoms with Gasteiger partial charge in [-0.15, -0.1) is 0 Å². The lowest BCUT2D eigenvalue weighted by Crippen LogP contribution is -2.35. The summed E-state index contributed by atoms with van der Waals surface area (Å²) >= 11 is 0. The number of hydrogen-bond donors (Lipinski definition) is 2. The molecule has 3 rings (SSSR count). The van der Waals surface area contributed by atoms with Crippen molar-refractivity contribution < 1.29 is 23.1 Å². The van der Waals surface area contributed by atoms with Gasteiger partial charge in [-0.05, 0) is 61.3 Å². The van der Waals surface area contributed by atoms with E-state index in [2.05, 4.69) is 5.32 Å². The second kappa shape index (κ2) is 7.14. The highest BCUT2D eigenvalue weighted by molar-refractivity contribution is 5.92. The number of carboxylic acid groups (broad SMARTS) is 1. The molecule has 7 heteroatoms. The van der Waals surface area contributed by atoms with E-state index in [9.17, 15) is 23.1 Å². The summed E-state index contributed by atoms with van der Waals surface area (Å²) in [6.07, 6.45) is -0.369. The molecule has 0 saturated carbocycles. The minimum absolute atomic E-state index is 0.0859. The number of anilines is 1. The van der Waals surface area contributed by atoms with Gasteiger partial charge in [-0.3, -0.25) is 4.90 Å². The van der Waals surface area contributed by atoms with Gasteiger partial charge in [0.05, 0.1) is 5.69 Å². The minimum Gasteiger partial charge on any atom is -0.465 e. The van der Waals surface area contributed by atoms with Gasteiger partial charge in [-0.2, -0.15) is 0 Å². The Labute approximate surface area is 142 Å². The van der Waals surface area contributed by atoms with Gasteiger partial charge in [0, 0.05) is 18.2 Å². The molecule has 1 aliphatic heterocycles. The molecule has 2 N–H and O–H groups in total. The van der Waals surface area contributed by atoms with Crippen molar-refractivity contribution >= 4 is 11.8 Å². The van der Waals surface area contributed by atoms with E-state index in [4.69, 9.17) is 0 Å². The van der Waals surface area contributed by atoms with Gasteiger partial charge in [0.1, 0.15) is 17.5 Å². The number of hydrogen-bond acceptors (Lipinski definition) is 2. The van der Waals surface area contributed by atoms with Crippen molar-refractivity contribution in [2.75, 3.05) is 24.5 Å². The summed E-state index contributed by atoms with van der Waals surface area (Å²) in [6.45, 7) is 1.72. The van der Waals surface area contributed by atoms with E-state index in [0.29, 0.717) is 12.6 Å². The van der Waals surface area contributed by atoms with Crippen LogP contribution < -0.4 is 10.2 Å². The van der Waals surface area contributed by atoms with Crippen LogP contribution in [0.15, 0.2) is 36.4 Å². The van der Waals surface area contributed by atoms with Gasteiger partial charge in [0.25, 0.3) is 0 Å². The van der Waals surface area contributed by atoms with E-state index in [0.717, 1.165) is 42.1 Å². The van der Waals surface area contributed by atoms with Crippen molar-refractivity contribution in [3.63, 3.8) is 0 Å². The zero-order valence-corrected chi connectivity index (χ0v) is 13.3. The molecular formula is C18H17F3N2O2. The average Bonchev–Trinajstić information content (AvgIpc) is 3.05. The highest BCUT2D eigenvalue weighted by atomic mass is 19.1. The van der Waals surface area contributed by atoms with Crippen LogP contribution >= 0.6 is 0 Å². The third-order valence-corrected chi connectivity index (χ3v) is 4.26. The van der Waals surface area contributed by atoms with Crippen LogP contribution in [0.4, 0.5) is 23.7 Å². The average molecular weight is 350 g/mol. The quantitative estimate of drug-likeness (QED) is 0.880. The Bertz CT molecular complexity index is 772. The molecule has 0 aliphatic carbocycles. The van der Waals surface area contributed by atoms with Crippen molar-refractivity contribution in [3.05, 3.63) is 53.8 Å². The topological polar surface area (TPSA) is 52.6 Å². The Morgan fingerprint density at radius 3 is 2.44 bits per heavy atom. The Morgan fingerprint density at radius 1 is 1.12 bits per heavy atom. The molecule has 0 bridgehead atoms. The van der Waals surface area contributed by atoms with E-state index in [1.807, 2.05) is 0 Å². The normalized spacial score (nSPS) is 16.8. The van der Waals surface area contributed by atoms with Crippen molar-refractivity contribution in [2.45, 2.75) is 6.42 Å². The molecule has 2 aromatic rings. The molecule has 25 heavy (non-hydrogen) atoms. The second-order valence-electron chi connectivity index (χ2n) is 6.07. The first-order valence-electron chi connectivity index (χ1n) is 7.91. The lowest BCUT2D eigenvalue weighted by molar-refractivity contribution is 0.200. The molecule has 1 heterocycles. The van der Waals surface area contributed by atoms with Crippen LogP contribution in [0.5, 0.6) is 0 Å². The maximum Gasteiger partial charge on any atom is 0.411 e. The number of benzene rings is 2. The molecule has 0 spiro atoms. The van der Waals surface area contributed by atoms with Crippen molar-refractivity contribution in [2.24, 2.45) is 5.92 Å². The molecule has 0 aromatic heterocycles. The summed E-state index contributed by atoms with van der Waals surface area (Å²) in [6, 6.07) is 6.37. The number of nitrogens with one attached hydrogen (secondary N) is 1. The fraction of sp³-hybridized carbons (Fsp3) is 0.278. The lowest BCUT2D eigenvalue weighted by atomic mass is 10.0. The van der Waals surface area contributed by atoms with Gasteiger partial charge in [-0.25, -0.2) is 18.0 Å². The number of halogens is 3. The zero-order chi connectivity index (χ0) is 18.0. The van der Waals surface area contributed by atoms with E-state index < -0.39 is 23.5 Å². The first-order valence-corrected chi connectivity index (χ1v) is 7.91. The van der Waals surface area contributed by atoms with Gasteiger partial charge in [-0.1, -0.05) is 0 Å². The molecule has 0 radical (unpaired) electrons. The Balaban J connectivity index is 2.06. The second-order valence-corrected chi connectivity index (χ2v) is 6.07. The van der Waals surface area contributed by atoms with Crippen LogP contribution in [-0.2, 0) is 0 Å². The van der Waals surface area contributed by atoms with E-state index in [-0.39, 0.29) is 29.3 Å². The van der Waals surface area contributed by atoms with Crippen LogP contribution in [0, 0.1) is 23.4 Å². The Morgan fingerprint density at radius 2 is 1.84 bits per heavy atom. The van der Waals surface area contributed by atoms with Gasteiger partial charge in [0.2, 0.25) is 0 Å². The minimum atomic E-state index is -1.20. The first-order chi connectivity index (χ1) is 11.9. The number of carbonyl (C=O) groups is 1. The summed E-state index contributed by atoms with van der Waals surface area (Å²) < 4.78 is 40.9. The predicted octanol–water partition coefficient (Wildman–Crippen LogP) is 3.86. The third-order valence-electron chi connectivity index (χ3n) is 4.26. The lowest BCUT2D eigenvalue weighted by Gasteiger charge is -2.25. The van der Waals surface area contributed by atoms with Crippen LogP contribution in [0.25, 0.3) is 11.1 Å². The monoisotopic (exact) mass is 350 g/mol. The highest BCUT2D eigenvalue weighted by Gasteiger charge is 2.25. The molecule has 4 nitrogen and oxygen atoms in total. The predicted molar refractivity (Wildman–Crippen MR) is 88.1 cm³/mol. The number of rotatable bonds is 4. The molecule has 1 amide bonds. The third kappa shape index (κ3) is 3.93. The van der Waals surface area contributed by atoms with E-state index in [1.165, 1.54) is 6.07 Å². The number of nitrogens with zero attached hydrogens (tertiary/aromatic N) is 1. The molecule has 132 valence electrons. The molecule has 1 aliphatic rings. The Kier molecular flexibility index (Phi) is 4.94. The summed E-state index contributed by atoms with van der Waals surface area (Å²) in [7, 11) is 0. The summed E-state index contributed by atoms with van der Waals surface area (Å²) in [5.41, 5.74) is 0.417. The molecule has 1 saturated heterocycles. The summed E-state index contributed by atoms with van der Waals surface area (Å²) in [4.78, 5) is 12.9. The van der Waals surface area contributed by atoms with Gasteiger partial charge < -0.3 is 10.4 Å². The van der Waals surface area contributed by atoms with Crippen LogP contribution in [0.1, 0.15) is 6.42 Å². The van der Waals surface area contributed by atoms with Gasteiger partial charge in [0.15, 0.2) is 0 Å². The fourth-order valence-electron chi connectivity index (χ4n) is 3.09. The largest absolute Gasteiger partial charge is 0.465 e. The molecule has 2 aromatic carbocycles. The maximum absolute atomic E-state index is 13.7. The standard InChI is InChI=1S/C18H17F3N2O2/c19-13-1-2-17(23(18(24)25)10-11-3-4-22-9-11)16(8-13)12-5-14(20)7-15(21)6-12/h1-2,5-8,11,22H,3-4,9-10H2,(H,24,25). The summed E-state index contributed by atoms with van der Waals surface area (Å²) in [5.74, 6) is -2.12. The zero-order valence-electron chi connectivity index (χ0n) is 13.3. The maximum atomic E-state index is 13.7. The van der Waals surface area contributed by atoms with Crippen LogP contribution in [0.2, 0.25) is 0 Å².